The van der Waals surface area contributed by atoms with E-state index in [1.807, 2.05) is 18.2 Å². The first-order chi connectivity index (χ1) is 11.2. The highest BCUT2D eigenvalue weighted by Crippen LogP contribution is 2.31. The van der Waals surface area contributed by atoms with E-state index in [-0.39, 0.29) is 5.91 Å². The number of anilines is 1. The first-order valence-electron chi connectivity index (χ1n) is 7.26. The quantitative estimate of drug-likeness (QED) is 0.591. The van der Waals surface area contributed by atoms with Gasteiger partial charge in [-0.25, -0.2) is 4.98 Å². The highest BCUT2D eigenvalue weighted by atomic mass is 35.5. The summed E-state index contributed by atoms with van der Waals surface area (Å²) in [5.74, 6) is 0.922. The molecule has 23 heavy (non-hydrogen) atoms. The van der Waals surface area contributed by atoms with Gasteiger partial charge in [0.05, 0.1) is 10.2 Å². The highest BCUT2D eigenvalue weighted by Gasteiger charge is 2.09. The van der Waals surface area contributed by atoms with Crippen LogP contribution >= 0.6 is 34.7 Å². The minimum atomic E-state index is -0.147. The Bertz CT molecular complexity index is 830. The van der Waals surface area contributed by atoms with E-state index < -0.39 is 0 Å². The molecule has 3 nitrogen and oxygen atoms in total. The second-order valence-corrected chi connectivity index (χ2v) is 7.78. The third-order valence-corrected chi connectivity index (χ3v) is 5.78. The van der Waals surface area contributed by atoms with Gasteiger partial charge in [-0.2, -0.15) is 0 Å². The maximum atomic E-state index is 12.2. The number of thiazole rings is 1. The molecule has 6 heteroatoms. The summed E-state index contributed by atoms with van der Waals surface area (Å²) in [4.78, 5) is 16.8. The Morgan fingerprint density at radius 1 is 1.26 bits per heavy atom. The van der Waals surface area contributed by atoms with E-state index in [0.717, 1.165) is 32.4 Å². The minimum Gasteiger partial charge on any atom is -0.322 e. The van der Waals surface area contributed by atoms with Crippen LogP contribution in [-0.4, -0.2) is 16.6 Å². The number of carbonyl (C=O) groups excluding carboxylic acids is 1. The molecule has 1 aromatic heterocycles. The fourth-order valence-electron chi connectivity index (χ4n) is 2.04. The number of hydrogen-bond donors (Lipinski definition) is 1. The van der Waals surface area contributed by atoms with Crippen molar-refractivity contribution in [2.45, 2.75) is 17.7 Å². The lowest BCUT2D eigenvalue weighted by molar-refractivity contribution is 0.102. The van der Waals surface area contributed by atoms with Crippen LogP contribution in [0, 0.1) is 0 Å². The number of hydrogen-bond acceptors (Lipinski definition) is 4. The van der Waals surface area contributed by atoms with Crippen molar-refractivity contribution in [3.63, 3.8) is 0 Å². The fraction of sp³-hybridized carbons (Fsp3) is 0.176. The molecule has 0 saturated heterocycles. The van der Waals surface area contributed by atoms with Crippen LogP contribution in [0.5, 0.6) is 0 Å². The van der Waals surface area contributed by atoms with Gasteiger partial charge in [0, 0.05) is 22.0 Å². The monoisotopic (exact) mass is 362 g/mol. The van der Waals surface area contributed by atoms with Crippen LogP contribution in [0.2, 0.25) is 5.02 Å². The Balaban J connectivity index is 1.77. The number of benzene rings is 2. The molecule has 0 aliphatic heterocycles. The molecule has 3 aromatic rings. The van der Waals surface area contributed by atoms with Crippen molar-refractivity contribution in [3.05, 3.63) is 53.1 Å². The average Bonchev–Trinajstić information content (AvgIpc) is 2.95. The number of nitrogens with zero attached hydrogens (tertiary/aromatic N) is 1. The number of aromatic nitrogens is 1. The molecule has 0 unspecified atom stereocenters. The van der Waals surface area contributed by atoms with Crippen LogP contribution in [0.1, 0.15) is 23.7 Å². The molecule has 1 N–H and O–H groups in total. The van der Waals surface area contributed by atoms with E-state index in [9.17, 15) is 4.79 Å². The van der Waals surface area contributed by atoms with Crippen LogP contribution in [0.15, 0.2) is 46.8 Å². The SMILES string of the molecule is CCCSc1nc2ccc(NC(=O)c3ccc(Cl)cc3)cc2s1. The average molecular weight is 363 g/mol. The van der Waals surface area contributed by atoms with Gasteiger partial charge in [0.2, 0.25) is 0 Å². The van der Waals surface area contributed by atoms with Crippen LogP contribution in [0.4, 0.5) is 5.69 Å². The predicted octanol–water partition coefficient (Wildman–Crippen LogP) is 5.70. The Morgan fingerprint density at radius 3 is 2.78 bits per heavy atom. The molecule has 0 spiro atoms. The lowest BCUT2D eigenvalue weighted by Gasteiger charge is -2.05. The van der Waals surface area contributed by atoms with Crippen LogP contribution in [-0.2, 0) is 0 Å². The van der Waals surface area contributed by atoms with E-state index >= 15 is 0 Å². The first kappa shape index (κ1) is 16.3. The Hall–Kier alpha value is -1.56. The van der Waals surface area contributed by atoms with Crippen molar-refractivity contribution in [3.8, 4) is 0 Å². The largest absolute Gasteiger partial charge is 0.322 e. The van der Waals surface area contributed by atoms with E-state index in [4.69, 9.17) is 11.6 Å². The molecule has 0 fully saturated rings. The summed E-state index contributed by atoms with van der Waals surface area (Å²) in [6.45, 7) is 2.16. The number of rotatable bonds is 5. The number of fused-ring (bicyclic) bond motifs is 1. The van der Waals surface area contributed by atoms with Crippen LogP contribution in [0.3, 0.4) is 0 Å². The summed E-state index contributed by atoms with van der Waals surface area (Å²) in [6.07, 6.45) is 1.13. The lowest BCUT2D eigenvalue weighted by Crippen LogP contribution is -2.11. The molecule has 0 aliphatic carbocycles. The fourth-order valence-corrected chi connectivity index (χ4v) is 4.20. The molecular weight excluding hydrogens is 348 g/mol. The van der Waals surface area contributed by atoms with Gasteiger partial charge in [-0.05, 0) is 48.9 Å². The van der Waals surface area contributed by atoms with Gasteiger partial charge < -0.3 is 5.32 Å². The maximum Gasteiger partial charge on any atom is 0.255 e. The number of halogens is 1. The summed E-state index contributed by atoms with van der Waals surface area (Å²) in [5.41, 5.74) is 2.32. The zero-order chi connectivity index (χ0) is 16.2. The lowest BCUT2D eigenvalue weighted by atomic mass is 10.2. The summed E-state index contributed by atoms with van der Waals surface area (Å²) in [5, 5.41) is 3.53. The summed E-state index contributed by atoms with van der Waals surface area (Å²) in [6, 6.07) is 12.6. The number of carbonyl (C=O) groups is 1. The number of nitrogens with one attached hydrogen (secondary N) is 1. The van der Waals surface area contributed by atoms with Gasteiger partial charge in [0.15, 0.2) is 4.34 Å². The molecule has 0 aliphatic rings. The van der Waals surface area contributed by atoms with E-state index in [0.29, 0.717) is 10.6 Å². The van der Waals surface area contributed by atoms with Gasteiger partial charge in [-0.3, -0.25) is 4.79 Å². The predicted molar refractivity (Wildman–Crippen MR) is 100 cm³/mol. The van der Waals surface area contributed by atoms with Gasteiger partial charge in [0.25, 0.3) is 5.91 Å². The molecular formula is C17H15ClN2OS2. The van der Waals surface area contributed by atoms with Crippen molar-refractivity contribution < 1.29 is 4.79 Å². The van der Waals surface area contributed by atoms with Crippen molar-refractivity contribution in [1.82, 2.24) is 4.98 Å². The molecule has 0 bridgehead atoms. The van der Waals surface area contributed by atoms with Crippen LogP contribution < -0.4 is 5.32 Å². The maximum absolute atomic E-state index is 12.2. The molecule has 0 saturated carbocycles. The second-order valence-electron chi connectivity index (χ2n) is 4.97. The Labute approximate surface area is 148 Å². The summed E-state index contributed by atoms with van der Waals surface area (Å²) < 4.78 is 2.15. The van der Waals surface area contributed by atoms with Gasteiger partial charge in [0.1, 0.15) is 0 Å². The standard InChI is InChI=1S/C17H15ClN2OS2/c1-2-9-22-17-20-14-8-7-13(10-15(14)23-17)19-16(21)11-3-5-12(18)6-4-11/h3-8,10H,2,9H2,1H3,(H,19,21). The number of amides is 1. The van der Waals surface area contributed by atoms with Gasteiger partial charge >= 0.3 is 0 Å². The smallest absolute Gasteiger partial charge is 0.255 e. The second kappa shape index (κ2) is 7.34. The molecule has 118 valence electrons. The van der Waals surface area contributed by atoms with Gasteiger partial charge in [-0.1, -0.05) is 30.3 Å². The molecule has 1 heterocycles. The van der Waals surface area contributed by atoms with Crippen molar-refractivity contribution >= 4 is 56.5 Å². The third-order valence-electron chi connectivity index (χ3n) is 3.16. The van der Waals surface area contributed by atoms with E-state index in [2.05, 4.69) is 17.2 Å². The summed E-state index contributed by atoms with van der Waals surface area (Å²) >= 11 is 9.27. The van der Waals surface area contributed by atoms with Gasteiger partial charge in [-0.15, -0.1) is 11.3 Å². The van der Waals surface area contributed by atoms with Crippen molar-refractivity contribution in [1.29, 1.82) is 0 Å². The zero-order valence-corrected chi connectivity index (χ0v) is 14.9. The zero-order valence-electron chi connectivity index (χ0n) is 12.5. The topological polar surface area (TPSA) is 42.0 Å². The number of thioether (sulfide) groups is 1. The first-order valence-corrected chi connectivity index (χ1v) is 9.44. The Morgan fingerprint density at radius 2 is 2.04 bits per heavy atom. The van der Waals surface area contributed by atoms with E-state index in [1.165, 1.54) is 0 Å². The van der Waals surface area contributed by atoms with Crippen molar-refractivity contribution in [2.24, 2.45) is 0 Å². The normalized spacial score (nSPS) is 10.9. The highest BCUT2D eigenvalue weighted by molar-refractivity contribution is 8.01. The van der Waals surface area contributed by atoms with Crippen LogP contribution in [0.25, 0.3) is 10.2 Å². The van der Waals surface area contributed by atoms with E-state index in [1.54, 1.807) is 47.4 Å². The Kier molecular flexibility index (Phi) is 5.20. The van der Waals surface area contributed by atoms with Crippen molar-refractivity contribution in [2.75, 3.05) is 11.1 Å². The molecule has 2 aromatic carbocycles. The summed E-state index contributed by atoms with van der Waals surface area (Å²) in [7, 11) is 0. The minimum absolute atomic E-state index is 0.147. The third kappa shape index (κ3) is 4.05. The molecule has 1 amide bonds. The molecule has 0 atom stereocenters. The molecule has 3 rings (SSSR count). The molecule has 0 radical (unpaired) electrons.